The zero-order valence-electron chi connectivity index (χ0n) is 10.8. The van der Waals surface area contributed by atoms with Gasteiger partial charge in [-0.1, -0.05) is 22.0 Å². The monoisotopic (exact) mass is 326 g/mol. The summed E-state index contributed by atoms with van der Waals surface area (Å²) < 4.78 is 6.36. The van der Waals surface area contributed by atoms with Crippen LogP contribution in [0.25, 0.3) is 0 Å². The predicted octanol–water partition coefficient (Wildman–Crippen LogP) is 1.94. The zero-order valence-corrected chi connectivity index (χ0v) is 12.4. The van der Waals surface area contributed by atoms with Crippen molar-refractivity contribution in [2.75, 3.05) is 26.2 Å². The smallest absolute Gasteiger partial charge is 0.257 e. The van der Waals surface area contributed by atoms with Gasteiger partial charge in [0.15, 0.2) is 6.61 Å². The fourth-order valence-electron chi connectivity index (χ4n) is 2.13. The molecule has 5 heteroatoms. The van der Waals surface area contributed by atoms with Gasteiger partial charge in [0.1, 0.15) is 5.75 Å². The van der Waals surface area contributed by atoms with Gasteiger partial charge < -0.3 is 15.4 Å². The van der Waals surface area contributed by atoms with Gasteiger partial charge in [0.05, 0.1) is 0 Å². The van der Waals surface area contributed by atoms with Crippen LogP contribution in [-0.4, -0.2) is 32.1 Å². The molecule has 1 fully saturated rings. The van der Waals surface area contributed by atoms with Crippen molar-refractivity contribution in [1.29, 1.82) is 0 Å². The lowest BCUT2D eigenvalue weighted by Crippen LogP contribution is -2.30. The van der Waals surface area contributed by atoms with Crippen molar-refractivity contribution in [2.45, 2.75) is 12.8 Å². The van der Waals surface area contributed by atoms with Crippen LogP contribution in [0.3, 0.4) is 0 Å². The van der Waals surface area contributed by atoms with Crippen LogP contribution in [-0.2, 0) is 4.79 Å². The van der Waals surface area contributed by atoms with Crippen molar-refractivity contribution in [3.8, 4) is 5.75 Å². The quantitative estimate of drug-likeness (QED) is 0.840. The third kappa shape index (κ3) is 5.20. The van der Waals surface area contributed by atoms with Crippen molar-refractivity contribution >= 4 is 21.8 Å². The Kier molecular flexibility index (Phi) is 5.66. The highest BCUT2D eigenvalue weighted by atomic mass is 79.9. The molecule has 0 saturated carbocycles. The number of amides is 1. The van der Waals surface area contributed by atoms with Gasteiger partial charge in [0.25, 0.3) is 5.91 Å². The van der Waals surface area contributed by atoms with E-state index in [9.17, 15) is 4.79 Å². The second kappa shape index (κ2) is 7.50. The lowest BCUT2D eigenvalue weighted by molar-refractivity contribution is -0.123. The maximum absolute atomic E-state index is 11.6. The molecule has 1 heterocycles. The first kappa shape index (κ1) is 14.3. The summed E-state index contributed by atoms with van der Waals surface area (Å²) in [6.45, 7) is 2.97. The molecule has 4 nitrogen and oxygen atoms in total. The highest BCUT2D eigenvalue weighted by molar-refractivity contribution is 9.10. The Morgan fingerprint density at radius 2 is 2.42 bits per heavy atom. The van der Waals surface area contributed by atoms with E-state index >= 15 is 0 Å². The van der Waals surface area contributed by atoms with Gasteiger partial charge >= 0.3 is 0 Å². The van der Waals surface area contributed by atoms with Crippen molar-refractivity contribution in [3.63, 3.8) is 0 Å². The molecule has 0 aromatic heterocycles. The number of hydrogen-bond donors (Lipinski definition) is 2. The van der Waals surface area contributed by atoms with Crippen LogP contribution < -0.4 is 15.4 Å². The Morgan fingerprint density at radius 3 is 3.16 bits per heavy atom. The molecule has 1 unspecified atom stereocenters. The molecule has 0 radical (unpaired) electrons. The molecule has 2 rings (SSSR count). The maximum Gasteiger partial charge on any atom is 0.257 e. The number of hydrogen-bond acceptors (Lipinski definition) is 3. The van der Waals surface area contributed by atoms with Gasteiger partial charge in [0.2, 0.25) is 0 Å². The number of carbonyl (C=O) groups is 1. The molecule has 104 valence electrons. The molecule has 1 atom stereocenters. The molecule has 0 aliphatic carbocycles. The van der Waals surface area contributed by atoms with E-state index in [1.807, 2.05) is 24.3 Å². The lowest BCUT2D eigenvalue weighted by Gasteiger charge is -2.10. The first-order valence-electron chi connectivity index (χ1n) is 6.60. The van der Waals surface area contributed by atoms with Crippen LogP contribution in [0.5, 0.6) is 5.75 Å². The Balaban J connectivity index is 1.61. The number of ether oxygens (including phenoxy) is 1. The molecule has 2 N–H and O–H groups in total. The predicted molar refractivity (Wildman–Crippen MR) is 78.2 cm³/mol. The third-order valence-corrected chi connectivity index (χ3v) is 3.70. The molecule has 1 aromatic carbocycles. The first-order valence-corrected chi connectivity index (χ1v) is 7.39. The fraction of sp³-hybridized carbons (Fsp3) is 0.500. The summed E-state index contributed by atoms with van der Waals surface area (Å²) in [6.07, 6.45) is 2.25. The van der Waals surface area contributed by atoms with Gasteiger partial charge in [-0.3, -0.25) is 4.79 Å². The molecule has 0 spiro atoms. The number of carbonyl (C=O) groups excluding carboxylic acids is 1. The highest BCUT2D eigenvalue weighted by Crippen LogP contribution is 2.17. The Morgan fingerprint density at radius 1 is 1.53 bits per heavy atom. The summed E-state index contributed by atoms with van der Waals surface area (Å²) in [5.74, 6) is 1.33. The topological polar surface area (TPSA) is 50.4 Å². The summed E-state index contributed by atoms with van der Waals surface area (Å²) in [5, 5.41) is 6.21. The Bertz CT molecular complexity index is 420. The largest absolute Gasteiger partial charge is 0.484 e. The molecule has 1 aliphatic rings. The van der Waals surface area contributed by atoms with Crippen molar-refractivity contribution in [3.05, 3.63) is 28.7 Å². The second-order valence-electron chi connectivity index (χ2n) is 4.74. The number of halogens is 1. The van der Waals surface area contributed by atoms with Gasteiger partial charge in [-0.15, -0.1) is 0 Å². The number of rotatable bonds is 6. The summed E-state index contributed by atoms with van der Waals surface area (Å²) in [5.41, 5.74) is 0. The summed E-state index contributed by atoms with van der Waals surface area (Å²) in [6, 6.07) is 7.48. The SMILES string of the molecule is O=C(COc1cccc(Br)c1)NCCC1CCNC1. The Hall–Kier alpha value is -1.07. The third-order valence-electron chi connectivity index (χ3n) is 3.20. The van der Waals surface area contributed by atoms with Crippen molar-refractivity contribution in [2.24, 2.45) is 5.92 Å². The summed E-state index contributed by atoms with van der Waals surface area (Å²) in [7, 11) is 0. The minimum absolute atomic E-state index is 0.0640. The minimum atomic E-state index is -0.0640. The molecule has 1 aromatic rings. The van der Waals surface area contributed by atoms with Crippen LogP contribution in [0, 0.1) is 5.92 Å². The normalized spacial score (nSPS) is 18.3. The first-order chi connectivity index (χ1) is 9.24. The van der Waals surface area contributed by atoms with E-state index in [0.717, 1.165) is 30.5 Å². The summed E-state index contributed by atoms with van der Waals surface area (Å²) in [4.78, 5) is 11.6. The van der Waals surface area contributed by atoms with Crippen LogP contribution in [0.1, 0.15) is 12.8 Å². The van der Waals surface area contributed by atoms with E-state index in [4.69, 9.17) is 4.74 Å². The van der Waals surface area contributed by atoms with Gasteiger partial charge in [0, 0.05) is 11.0 Å². The number of benzene rings is 1. The highest BCUT2D eigenvalue weighted by Gasteiger charge is 2.14. The average Bonchev–Trinajstić information content (AvgIpc) is 2.90. The van der Waals surface area contributed by atoms with E-state index in [1.54, 1.807) is 0 Å². The minimum Gasteiger partial charge on any atom is -0.484 e. The summed E-state index contributed by atoms with van der Waals surface area (Å²) >= 11 is 3.36. The fourth-order valence-corrected chi connectivity index (χ4v) is 2.51. The van der Waals surface area contributed by atoms with Crippen molar-refractivity contribution < 1.29 is 9.53 Å². The molecular formula is C14H19BrN2O2. The number of nitrogens with one attached hydrogen (secondary N) is 2. The maximum atomic E-state index is 11.6. The van der Waals surface area contributed by atoms with E-state index < -0.39 is 0 Å². The standard InChI is InChI=1S/C14H19BrN2O2/c15-12-2-1-3-13(8-12)19-10-14(18)17-7-5-11-4-6-16-9-11/h1-3,8,11,16H,4-7,9-10H2,(H,17,18). The molecule has 19 heavy (non-hydrogen) atoms. The molecule has 0 bridgehead atoms. The lowest BCUT2D eigenvalue weighted by atomic mass is 10.1. The van der Waals surface area contributed by atoms with E-state index in [0.29, 0.717) is 11.7 Å². The van der Waals surface area contributed by atoms with Gasteiger partial charge in [-0.05, 0) is 50.0 Å². The van der Waals surface area contributed by atoms with Gasteiger partial charge in [-0.2, -0.15) is 0 Å². The van der Waals surface area contributed by atoms with E-state index in [1.165, 1.54) is 6.42 Å². The molecule has 1 saturated heterocycles. The van der Waals surface area contributed by atoms with Crippen LogP contribution in [0.2, 0.25) is 0 Å². The van der Waals surface area contributed by atoms with E-state index in [-0.39, 0.29) is 12.5 Å². The average molecular weight is 327 g/mol. The van der Waals surface area contributed by atoms with Crippen LogP contribution >= 0.6 is 15.9 Å². The van der Waals surface area contributed by atoms with Crippen LogP contribution in [0.15, 0.2) is 28.7 Å². The molecule has 1 aliphatic heterocycles. The zero-order chi connectivity index (χ0) is 13.5. The van der Waals surface area contributed by atoms with E-state index in [2.05, 4.69) is 26.6 Å². The van der Waals surface area contributed by atoms with Gasteiger partial charge in [-0.25, -0.2) is 0 Å². The second-order valence-corrected chi connectivity index (χ2v) is 5.66. The van der Waals surface area contributed by atoms with Crippen molar-refractivity contribution in [1.82, 2.24) is 10.6 Å². The molecule has 1 amide bonds. The molecular weight excluding hydrogens is 308 g/mol. The Labute approximate surface area is 122 Å². The van der Waals surface area contributed by atoms with Crippen LogP contribution in [0.4, 0.5) is 0 Å².